The lowest BCUT2D eigenvalue weighted by atomic mass is 10.1. The number of para-hydroxylation sites is 1. The first-order valence-corrected chi connectivity index (χ1v) is 5.20. The Bertz CT molecular complexity index is 597. The van der Waals surface area contributed by atoms with Crippen molar-refractivity contribution in [1.29, 1.82) is 0 Å². The second kappa shape index (κ2) is 4.84. The number of aromatic nitrogens is 2. The Morgan fingerprint density at radius 1 is 1.50 bits per heavy atom. The zero-order valence-electron chi connectivity index (χ0n) is 8.88. The first-order valence-electron chi connectivity index (χ1n) is 4.82. The van der Waals surface area contributed by atoms with Crippen molar-refractivity contribution in [3.05, 3.63) is 51.3 Å². The second-order valence-electron chi connectivity index (χ2n) is 3.33. The van der Waals surface area contributed by atoms with Gasteiger partial charge in [0.25, 0.3) is 5.91 Å². The summed E-state index contributed by atoms with van der Waals surface area (Å²) in [6, 6.07) is 4.16. The highest BCUT2D eigenvalue weighted by Gasteiger charge is 2.23. The van der Waals surface area contributed by atoms with Gasteiger partial charge < -0.3 is 5.32 Å². The molecule has 0 atom stereocenters. The van der Waals surface area contributed by atoms with Crippen LogP contribution in [0.5, 0.6) is 0 Å². The van der Waals surface area contributed by atoms with Crippen LogP contribution in [-0.4, -0.2) is 21.0 Å². The van der Waals surface area contributed by atoms with Gasteiger partial charge in [0.15, 0.2) is 0 Å². The fourth-order valence-electron chi connectivity index (χ4n) is 1.40. The van der Waals surface area contributed by atoms with Crippen LogP contribution < -0.4 is 5.32 Å². The van der Waals surface area contributed by atoms with Crippen LogP contribution >= 0.6 is 11.6 Å². The van der Waals surface area contributed by atoms with Gasteiger partial charge in [-0.05, 0) is 12.1 Å². The lowest BCUT2D eigenvalue weighted by Gasteiger charge is -2.04. The van der Waals surface area contributed by atoms with Gasteiger partial charge in [-0.1, -0.05) is 17.7 Å². The Hall–Kier alpha value is -2.41. The maximum atomic E-state index is 11.9. The Morgan fingerprint density at radius 2 is 2.28 bits per heavy atom. The van der Waals surface area contributed by atoms with Gasteiger partial charge in [0.1, 0.15) is 10.6 Å². The minimum Gasteiger partial charge on any atom is -0.319 e. The number of nitro benzene ring substituents is 1. The largest absolute Gasteiger partial charge is 0.319 e. The molecule has 0 aliphatic carbocycles. The first-order chi connectivity index (χ1) is 8.59. The van der Waals surface area contributed by atoms with Crippen molar-refractivity contribution in [2.75, 3.05) is 5.32 Å². The molecule has 0 radical (unpaired) electrons. The quantitative estimate of drug-likeness (QED) is 0.657. The van der Waals surface area contributed by atoms with Crippen molar-refractivity contribution in [2.45, 2.75) is 0 Å². The van der Waals surface area contributed by atoms with E-state index >= 15 is 0 Å². The van der Waals surface area contributed by atoms with Gasteiger partial charge in [0.05, 0.1) is 16.8 Å². The number of hydrogen-bond donors (Lipinski definition) is 2. The molecule has 92 valence electrons. The first kappa shape index (κ1) is 12.1. The highest BCUT2D eigenvalue weighted by molar-refractivity contribution is 6.33. The number of halogens is 1. The number of benzene rings is 1. The van der Waals surface area contributed by atoms with Gasteiger partial charge in [0.2, 0.25) is 0 Å². The van der Waals surface area contributed by atoms with Gasteiger partial charge in [-0.15, -0.1) is 0 Å². The van der Waals surface area contributed by atoms with E-state index in [1.54, 1.807) is 0 Å². The summed E-state index contributed by atoms with van der Waals surface area (Å²) in [4.78, 5) is 22.1. The molecule has 1 aromatic carbocycles. The number of H-pyrrole nitrogens is 1. The molecule has 0 spiro atoms. The summed E-state index contributed by atoms with van der Waals surface area (Å²) < 4.78 is 0. The number of nitro groups is 1. The number of rotatable bonds is 3. The topological polar surface area (TPSA) is 101 Å². The lowest BCUT2D eigenvalue weighted by molar-refractivity contribution is -0.385. The standard InChI is InChI=1S/C10H7ClN4O3/c11-8-3-1-2-7(9(8)15(17)18)10(16)14-6-4-12-13-5-6/h1-5H,(H,12,13)(H,14,16). The Kier molecular flexibility index (Phi) is 3.24. The van der Waals surface area contributed by atoms with E-state index in [4.69, 9.17) is 11.6 Å². The molecule has 2 rings (SSSR count). The highest BCUT2D eigenvalue weighted by Crippen LogP contribution is 2.28. The molecule has 2 N–H and O–H groups in total. The van der Waals surface area contributed by atoms with Crippen LogP contribution in [0.1, 0.15) is 10.4 Å². The molecule has 8 heteroatoms. The van der Waals surface area contributed by atoms with Crippen molar-refractivity contribution in [3.8, 4) is 0 Å². The van der Waals surface area contributed by atoms with Crippen molar-refractivity contribution >= 4 is 28.9 Å². The number of nitrogens with zero attached hydrogens (tertiary/aromatic N) is 2. The zero-order chi connectivity index (χ0) is 13.1. The van der Waals surface area contributed by atoms with E-state index in [0.29, 0.717) is 5.69 Å². The molecule has 1 heterocycles. The minimum absolute atomic E-state index is 0.0835. The van der Waals surface area contributed by atoms with Crippen LogP contribution in [-0.2, 0) is 0 Å². The van der Waals surface area contributed by atoms with Crippen molar-refractivity contribution < 1.29 is 9.72 Å². The van der Waals surface area contributed by atoms with Crippen LogP contribution in [0.3, 0.4) is 0 Å². The summed E-state index contributed by atoms with van der Waals surface area (Å²) >= 11 is 5.71. The van der Waals surface area contributed by atoms with E-state index in [0.717, 1.165) is 0 Å². The summed E-state index contributed by atoms with van der Waals surface area (Å²) in [5, 5.41) is 19.4. The van der Waals surface area contributed by atoms with Crippen LogP contribution in [0.4, 0.5) is 11.4 Å². The van der Waals surface area contributed by atoms with Gasteiger partial charge in [-0.25, -0.2) is 0 Å². The lowest BCUT2D eigenvalue weighted by Crippen LogP contribution is -2.13. The third kappa shape index (κ3) is 2.30. The molecule has 0 fully saturated rings. The molecule has 2 aromatic rings. The van der Waals surface area contributed by atoms with Crippen LogP contribution in [0, 0.1) is 10.1 Å². The number of nitrogens with one attached hydrogen (secondary N) is 2. The molecule has 1 amide bonds. The van der Waals surface area contributed by atoms with Gasteiger partial charge in [0, 0.05) is 6.20 Å². The number of hydrogen-bond acceptors (Lipinski definition) is 4. The fraction of sp³-hybridized carbons (Fsp3) is 0. The molecular weight excluding hydrogens is 260 g/mol. The summed E-state index contributed by atoms with van der Waals surface area (Å²) in [6.07, 6.45) is 2.84. The van der Waals surface area contributed by atoms with E-state index < -0.39 is 16.5 Å². The predicted octanol–water partition coefficient (Wildman–Crippen LogP) is 2.22. The molecule has 0 unspecified atom stereocenters. The third-order valence-corrected chi connectivity index (χ3v) is 2.48. The van der Waals surface area contributed by atoms with Crippen LogP contribution in [0.25, 0.3) is 0 Å². The Labute approximate surface area is 106 Å². The van der Waals surface area contributed by atoms with E-state index in [-0.39, 0.29) is 10.6 Å². The maximum Gasteiger partial charge on any atom is 0.300 e. The summed E-state index contributed by atoms with van der Waals surface area (Å²) in [6.45, 7) is 0. The van der Waals surface area contributed by atoms with Crippen molar-refractivity contribution in [1.82, 2.24) is 10.2 Å². The van der Waals surface area contributed by atoms with Crippen LogP contribution in [0.2, 0.25) is 5.02 Å². The zero-order valence-corrected chi connectivity index (χ0v) is 9.64. The molecule has 0 aliphatic heterocycles. The molecule has 0 aliphatic rings. The van der Waals surface area contributed by atoms with Gasteiger partial charge >= 0.3 is 5.69 Å². The SMILES string of the molecule is O=C(Nc1cn[nH]c1)c1cccc(Cl)c1[N+](=O)[O-]. The third-order valence-electron chi connectivity index (χ3n) is 2.17. The average molecular weight is 267 g/mol. The molecule has 0 bridgehead atoms. The Morgan fingerprint density at radius 3 is 2.89 bits per heavy atom. The summed E-state index contributed by atoms with van der Waals surface area (Å²) in [5.41, 5.74) is -0.108. The summed E-state index contributed by atoms with van der Waals surface area (Å²) in [5.74, 6) is -0.620. The Balaban J connectivity index is 2.36. The second-order valence-corrected chi connectivity index (χ2v) is 3.74. The maximum absolute atomic E-state index is 11.9. The molecule has 7 nitrogen and oxygen atoms in total. The van der Waals surface area contributed by atoms with Crippen molar-refractivity contribution in [2.24, 2.45) is 0 Å². The molecular formula is C10H7ClN4O3. The minimum atomic E-state index is -0.688. The van der Waals surface area contributed by atoms with Gasteiger partial charge in [-0.3, -0.25) is 20.0 Å². The number of amides is 1. The normalized spacial score (nSPS) is 10.1. The highest BCUT2D eigenvalue weighted by atomic mass is 35.5. The van der Waals surface area contributed by atoms with E-state index in [2.05, 4.69) is 15.5 Å². The van der Waals surface area contributed by atoms with Crippen molar-refractivity contribution in [3.63, 3.8) is 0 Å². The van der Waals surface area contributed by atoms with E-state index in [9.17, 15) is 14.9 Å². The number of aromatic amines is 1. The van der Waals surface area contributed by atoms with Crippen LogP contribution in [0.15, 0.2) is 30.6 Å². The molecule has 0 saturated carbocycles. The molecule has 18 heavy (non-hydrogen) atoms. The number of carbonyl (C=O) groups excluding carboxylic acids is 1. The molecule has 1 aromatic heterocycles. The van der Waals surface area contributed by atoms with Gasteiger partial charge in [-0.2, -0.15) is 5.10 Å². The van der Waals surface area contributed by atoms with E-state index in [1.165, 1.54) is 30.6 Å². The average Bonchev–Trinajstić information content (AvgIpc) is 2.80. The number of anilines is 1. The predicted molar refractivity (Wildman–Crippen MR) is 64.6 cm³/mol. The smallest absolute Gasteiger partial charge is 0.300 e. The fourth-order valence-corrected chi connectivity index (χ4v) is 1.65. The number of carbonyl (C=O) groups is 1. The molecule has 0 saturated heterocycles. The monoisotopic (exact) mass is 266 g/mol. The van der Waals surface area contributed by atoms with E-state index in [1.807, 2.05) is 0 Å². The summed E-state index contributed by atoms with van der Waals surface area (Å²) in [7, 11) is 0.